The first-order valence-electron chi connectivity index (χ1n) is 9.12. The Hall–Kier alpha value is -3.12. The third-order valence-electron chi connectivity index (χ3n) is 4.20. The molecule has 0 spiro atoms. The van der Waals surface area contributed by atoms with Crippen molar-refractivity contribution in [3.8, 4) is 0 Å². The van der Waals surface area contributed by atoms with Gasteiger partial charge in [0.25, 0.3) is 5.91 Å². The standard InChI is InChI=1S/C23H21FN2O2S/c1-15-6-5-7-18(14-15)26-22(27)16(2)29-19-12-10-17(11-13-19)25-23(28)20-8-3-4-9-21(20)24/h3-14,16H,1-2H3,(H,25,28)(H,26,27). The van der Waals surface area contributed by atoms with E-state index in [1.54, 1.807) is 18.2 Å². The zero-order chi connectivity index (χ0) is 20.8. The van der Waals surface area contributed by atoms with Crippen LogP contribution in [-0.4, -0.2) is 17.1 Å². The SMILES string of the molecule is Cc1cccc(NC(=O)C(C)Sc2ccc(NC(=O)c3ccccc3F)cc2)c1. The molecule has 0 heterocycles. The molecule has 0 bridgehead atoms. The average Bonchev–Trinajstić information content (AvgIpc) is 2.69. The lowest BCUT2D eigenvalue weighted by atomic mass is 10.2. The fourth-order valence-corrected chi connectivity index (χ4v) is 3.55. The Kier molecular flexibility index (Phi) is 6.67. The molecular weight excluding hydrogens is 387 g/mol. The monoisotopic (exact) mass is 408 g/mol. The van der Waals surface area contributed by atoms with Crippen LogP contribution in [0.4, 0.5) is 15.8 Å². The lowest BCUT2D eigenvalue weighted by molar-refractivity contribution is -0.115. The smallest absolute Gasteiger partial charge is 0.258 e. The lowest BCUT2D eigenvalue weighted by Gasteiger charge is -2.13. The predicted octanol–water partition coefficient (Wildman–Crippen LogP) is 5.51. The quantitative estimate of drug-likeness (QED) is 0.529. The topological polar surface area (TPSA) is 58.2 Å². The molecule has 0 saturated carbocycles. The Balaban J connectivity index is 1.57. The summed E-state index contributed by atoms with van der Waals surface area (Å²) < 4.78 is 13.7. The Morgan fingerprint density at radius 2 is 1.62 bits per heavy atom. The highest BCUT2D eigenvalue weighted by atomic mass is 32.2. The Morgan fingerprint density at radius 1 is 0.897 bits per heavy atom. The largest absolute Gasteiger partial charge is 0.325 e. The number of aryl methyl sites for hydroxylation is 1. The molecule has 3 rings (SSSR count). The molecule has 0 aliphatic carbocycles. The maximum Gasteiger partial charge on any atom is 0.258 e. The van der Waals surface area contributed by atoms with Crippen molar-refractivity contribution in [1.29, 1.82) is 0 Å². The summed E-state index contributed by atoms with van der Waals surface area (Å²) in [6.07, 6.45) is 0. The molecule has 2 N–H and O–H groups in total. The number of rotatable bonds is 6. The molecule has 0 radical (unpaired) electrons. The number of carbonyl (C=O) groups excluding carboxylic acids is 2. The molecule has 6 heteroatoms. The number of halogens is 1. The third kappa shape index (κ3) is 5.68. The van der Waals surface area contributed by atoms with Crippen LogP contribution < -0.4 is 10.6 Å². The molecule has 0 fully saturated rings. The number of nitrogens with one attached hydrogen (secondary N) is 2. The van der Waals surface area contributed by atoms with E-state index in [0.717, 1.165) is 16.1 Å². The first kappa shape index (κ1) is 20.6. The van der Waals surface area contributed by atoms with Crippen LogP contribution in [0.5, 0.6) is 0 Å². The van der Waals surface area contributed by atoms with Crippen LogP contribution in [0.1, 0.15) is 22.8 Å². The van der Waals surface area contributed by atoms with Gasteiger partial charge >= 0.3 is 0 Å². The summed E-state index contributed by atoms with van der Waals surface area (Å²) in [5, 5.41) is 5.29. The molecule has 1 unspecified atom stereocenters. The highest BCUT2D eigenvalue weighted by Gasteiger charge is 2.15. The molecule has 0 aliphatic heterocycles. The molecule has 4 nitrogen and oxygen atoms in total. The minimum absolute atomic E-state index is 0.00704. The summed E-state index contributed by atoms with van der Waals surface area (Å²) in [5.41, 5.74) is 2.40. The van der Waals surface area contributed by atoms with Crippen LogP contribution in [0.3, 0.4) is 0 Å². The number of carbonyl (C=O) groups is 2. The van der Waals surface area contributed by atoms with Gasteiger partial charge in [-0.3, -0.25) is 9.59 Å². The zero-order valence-electron chi connectivity index (χ0n) is 16.1. The van der Waals surface area contributed by atoms with E-state index in [4.69, 9.17) is 0 Å². The van der Waals surface area contributed by atoms with Gasteiger partial charge in [0, 0.05) is 16.3 Å². The van der Waals surface area contributed by atoms with Crippen molar-refractivity contribution in [3.63, 3.8) is 0 Å². The highest BCUT2D eigenvalue weighted by molar-refractivity contribution is 8.00. The van der Waals surface area contributed by atoms with E-state index in [-0.39, 0.29) is 16.7 Å². The fraction of sp³-hybridized carbons (Fsp3) is 0.130. The van der Waals surface area contributed by atoms with Crippen LogP contribution in [0.15, 0.2) is 77.7 Å². The van der Waals surface area contributed by atoms with Crippen molar-refractivity contribution < 1.29 is 14.0 Å². The van der Waals surface area contributed by atoms with E-state index in [1.165, 1.54) is 30.0 Å². The molecule has 0 saturated heterocycles. The number of hydrogen-bond acceptors (Lipinski definition) is 3. The maximum absolute atomic E-state index is 13.7. The highest BCUT2D eigenvalue weighted by Crippen LogP contribution is 2.26. The number of benzene rings is 3. The van der Waals surface area contributed by atoms with Crippen LogP contribution in [-0.2, 0) is 4.79 Å². The van der Waals surface area contributed by atoms with Crippen molar-refractivity contribution in [1.82, 2.24) is 0 Å². The molecular formula is C23H21FN2O2S. The lowest BCUT2D eigenvalue weighted by Crippen LogP contribution is -2.22. The summed E-state index contributed by atoms with van der Waals surface area (Å²) in [6.45, 7) is 3.81. The molecule has 1 atom stereocenters. The van der Waals surface area contributed by atoms with Gasteiger partial charge in [-0.1, -0.05) is 24.3 Å². The van der Waals surface area contributed by atoms with E-state index in [0.29, 0.717) is 5.69 Å². The second-order valence-corrected chi connectivity index (χ2v) is 7.99. The van der Waals surface area contributed by atoms with E-state index in [9.17, 15) is 14.0 Å². The predicted molar refractivity (Wildman–Crippen MR) is 116 cm³/mol. The summed E-state index contributed by atoms with van der Waals surface area (Å²) >= 11 is 1.42. The van der Waals surface area contributed by atoms with Crippen LogP contribution in [0, 0.1) is 12.7 Å². The minimum Gasteiger partial charge on any atom is -0.325 e. The van der Waals surface area contributed by atoms with Gasteiger partial charge in [-0.2, -0.15) is 0 Å². The van der Waals surface area contributed by atoms with Crippen molar-refractivity contribution in [2.75, 3.05) is 10.6 Å². The summed E-state index contributed by atoms with van der Waals surface area (Å²) in [6, 6.07) is 20.6. The molecule has 3 aromatic rings. The van der Waals surface area contributed by atoms with Gasteiger partial charge in [-0.15, -0.1) is 11.8 Å². The second kappa shape index (κ2) is 9.39. The molecule has 0 aromatic heterocycles. The van der Waals surface area contributed by atoms with Crippen molar-refractivity contribution >= 4 is 35.0 Å². The molecule has 2 amide bonds. The van der Waals surface area contributed by atoms with Gasteiger partial charge in [-0.05, 0) is 67.9 Å². The number of amides is 2. The van der Waals surface area contributed by atoms with E-state index in [1.807, 2.05) is 50.2 Å². The summed E-state index contributed by atoms with van der Waals surface area (Å²) in [5.74, 6) is -1.16. The first-order chi connectivity index (χ1) is 13.9. The maximum atomic E-state index is 13.7. The summed E-state index contributed by atoms with van der Waals surface area (Å²) in [7, 11) is 0. The van der Waals surface area contributed by atoms with Crippen LogP contribution in [0.25, 0.3) is 0 Å². The molecule has 3 aromatic carbocycles. The van der Waals surface area contributed by atoms with Gasteiger partial charge in [0.2, 0.25) is 5.91 Å². The van der Waals surface area contributed by atoms with Gasteiger partial charge in [-0.25, -0.2) is 4.39 Å². The van der Waals surface area contributed by atoms with Gasteiger partial charge in [0.15, 0.2) is 0 Å². The zero-order valence-corrected chi connectivity index (χ0v) is 16.9. The van der Waals surface area contributed by atoms with E-state index < -0.39 is 11.7 Å². The van der Waals surface area contributed by atoms with E-state index >= 15 is 0 Å². The molecule has 148 valence electrons. The summed E-state index contributed by atoms with van der Waals surface area (Å²) in [4.78, 5) is 25.5. The van der Waals surface area contributed by atoms with Gasteiger partial charge < -0.3 is 10.6 Å². The van der Waals surface area contributed by atoms with Gasteiger partial charge in [0.05, 0.1) is 10.8 Å². The molecule has 0 aliphatic rings. The molecule has 29 heavy (non-hydrogen) atoms. The number of thioether (sulfide) groups is 1. The van der Waals surface area contributed by atoms with Crippen molar-refractivity contribution in [2.24, 2.45) is 0 Å². The Bertz CT molecular complexity index is 1020. The van der Waals surface area contributed by atoms with Gasteiger partial charge in [0.1, 0.15) is 5.82 Å². The average molecular weight is 408 g/mol. The Labute approximate surface area is 173 Å². The van der Waals surface area contributed by atoms with Crippen molar-refractivity contribution in [2.45, 2.75) is 24.0 Å². The first-order valence-corrected chi connectivity index (χ1v) is 10.0. The number of hydrogen-bond donors (Lipinski definition) is 2. The van der Waals surface area contributed by atoms with Crippen molar-refractivity contribution in [3.05, 3.63) is 89.7 Å². The number of anilines is 2. The third-order valence-corrected chi connectivity index (χ3v) is 5.31. The minimum atomic E-state index is -0.564. The van der Waals surface area contributed by atoms with Crippen LogP contribution >= 0.6 is 11.8 Å². The fourth-order valence-electron chi connectivity index (χ4n) is 2.68. The van der Waals surface area contributed by atoms with Crippen LogP contribution in [0.2, 0.25) is 0 Å². The van der Waals surface area contributed by atoms with E-state index in [2.05, 4.69) is 10.6 Å². The Morgan fingerprint density at radius 3 is 2.31 bits per heavy atom. The normalized spacial score (nSPS) is 11.6. The second-order valence-electron chi connectivity index (χ2n) is 6.58.